The van der Waals surface area contributed by atoms with E-state index < -0.39 is 12.6 Å². The molecule has 1 unspecified atom stereocenters. The third-order valence-corrected chi connectivity index (χ3v) is 4.92. The minimum Gasteiger partial charge on any atom is -0.341 e. The van der Waals surface area contributed by atoms with Gasteiger partial charge in [0.1, 0.15) is 0 Å². The van der Waals surface area contributed by atoms with E-state index in [1.807, 2.05) is 24.3 Å². The number of rotatable bonds is 4. The predicted octanol–water partition coefficient (Wildman–Crippen LogP) is 2.89. The molecule has 2 rings (SSSR count). The van der Waals surface area contributed by atoms with E-state index in [2.05, 4.69) is 0 Å². The normalized spacial score (nSPS) is 14.3. The van der Waals surface area contributed by atoms with Gasteiger partial charge in [-0.2, -0.15) is 0 Å². The first-order valence-corrected chi connectivity index (χ1v) is 7.71. The molecule has 18 heavy (non-hydrogen) atoms. The maximum absolute atomic E-state index is 12.3. The van der Waals surface area contributed by atoms with Crippen LogP contribution in [0.3, 0.4) is 0 Å². The molecule has 2 aromatic rings. The Morgan fingerprint density at radius 1 is 1.17 bits per heavy atom. The largest absolute Gasteiger partial charge is 0.341 e. The van der Waals surface area contributed by atoms with Gasteiger partial charge in [0.15, 0.2) is 0 Å². The lowest BCUT2D eigenvalue weighted by molar-refractivity contribution is -0.111. The molecule has 3 nitrogen and oxygen atoms in total. The maximum atomic E-state index is 12.3. The van der Waals surface area contributed by atoms with Crippen molar-refractivity contribution in [3.8, 4) is 0 Å². The summed E-state index contributed by atoms with van der Waals surface area (Å²) >= 11 is 5.22. The Morgan fingerprint density at radius 3 is 2.56 bits per heavy atom. The Hall–Kier alpha value is -1.15. The second-order valence-electron chi connectivity index (χ2n) is 4.03. The molecule has 0 spiro atoms. The third-order valence-electron chi connectivity index (χ3n) is 2.75. The number of halogens is 1. The first kappa shape index (κ1) is 13.3. The van der Waals surface area contributed by atoms with Crippen molar-refractivity contribution in [2.75, 3.05) is 6.16 Å². The summed E-state index contributed by atoms with van der Waals surface area (Å²) in [7, 11) is -3.55. The van der Waals surface area contributed by atoms with Gasteiger partial charge in [-0.1, -0.05) is 36.4 Å². The standard InChI is InChI=1S/C13H12ClO3P/c14-13(15)8-9-18(16,17)12-7-3-5-10-4-1-2-6-11(10)12/h1-7H,8-9H2,(H,16,17). The lowest BCUT2D eigenvalue weighted by Gasteiger charge is -2.13. The Labute approximate surface area is 110 Å². The highest BCUT2D eigenvalue weighted by molar-refractivity contribution is 7.66. The zero-order valence-electron chi connectivity index (χ0n) is 9.54. The molecular formula is C13H12ClO3P. The molecule has 0 aliphatic heterocycles. The van der Waals surface area contributed by atoms with Crippen LogP contribution in [0.4, 0.5) is 0 Å². The van der Waals surface area contributed by atoms with Gasteiger partial charge in [-0.15, -0.1) is 0 Å². The van der Waals surface area contributed by atoms with Crippen LogP contribution in [0.1, 0.15) is 6.42 Å². The average Bonchev–Trinajstić information content (AvgIpc) is 2.36. The smallest absolute Gasteiger partial charge is 0.230 e. The van der Waals surface area contributed by atoms with E-state index in [4.69, 9.17) is 11.6 Å². The Bertz CT molecular complexity index is 634. The zero-order valence-corrected chi connectivity index (χ0v) is 11.2. The van der Waals surface area contributed by atoms with Crippen LogP contribution in [-0.4, -0.2) is 16.3 Å². The SMILES string of the molecule is O=C(Cl)CCP(=O)(O)c1cccc2ccccc12. The van der Waals surface area contributed by atoms with E-state index in [1.54, 1.807) is 18.2 Å². The van der Waals surface area contributed by atoms with E-state index in [0.29, 0.717) is 5.30 Å². The van der Waals surface area contributed by atoms with Crippen molar-refractivity contribution in [2.24, 2.45) is 0 Å². The van der Waals surface area contributed by atoms with Crippen LogP contribution in [-0.2, 0) is 9.36 Å². The summed E-state index contributed by atoms with van der Waals surface area (Å²) in [5.74, 6) is 0. The van der Waals surface area contributed by atoms with Crippen molar-refractivity contribution < 1.29 is 14.3 Å². The third kappa shape index (κ3) is 2.81. The van der Waals surface area contributed by atoms with Gasteiger partial charge in [0, 0.05) is 17.9 Å². The van der Waals surface area contributed by atoms with Crippen molar-refractivity contribution in [3.05, 3.63) is 42.5 Å². The lowest BCUT2D eigenvalue weighted by Crippen LogP contribution is -2.09. The van der Waals surface area contributed by atoms with Gasteiger partial charge in [-0.3, -0.25) is 9.36 Å². The first-order chi connectivity index (χ1) is 8.50. The second-order valence-corrected chi connectivity index (χ2v) is 6.78. The summed E-state index contributed by atoms with van der Waals surface area (Å²) in [5.41, 5.74) is 0. The van der Waals surface area contributed by atoms with Crippen LogP contribution in [0.5, 0.6) is 0 Å². The molecule has 0 radical (unpaired) electrons. The van der Waals surface area contributed by atoms with Crippen molar-refractivity contribution >= 4 is 40.3 Å². The van der Waals surface area contributed by atoms with Crippen LogP contribution in [0.15, 0.2) is 42.5 Å². The first-order valence-electron chi connectivity index (χ1n) is 5.49. The summed E-state index contributed by atoms with van der Waals surface area (Å²) in [6.07, 6.45) is -0.220. The number of fused-ring (bicyclic) bond motifs is 1. The van der Waals surface area contributed by atoms with Gasteiger partial charge in [0.2, 0.25) is 12.6 Å². The fraction of sp³-hybridized carbons (Fsp3) is 0.154. The average molecular weight is 283 g/mol. The molecule has 5 heteroatoms. The fourth-order valence-corrected chi connectivity index (χ4v) is 3.75. The van der Waals surface area contributed by atoms with Crippen LogP contribution < -0.4 is 5.30 Å². The van der Waals surface area contributed by atoms with Crippen molar-refractivity contribution in [1.29, 1.82) is 0 Å². The summed E-state index contributed by atoms with van der Waals surface area (Å²) in [6.45, 7) is 0. The minimum atomic E-state index is -3.55. The number of hydrogen-bond donors (Lipinski definition) is 1. The quantitative estimate of drug-likeness (QED) is 0.693. The molecule has 0 bridgehead atoms. The van der Waals surface area contributed by atoms with E-state index in [0.717, 1.165) is 10.8 Å². The predicted molar refractivity (Wildman–Crippen MR) is 73.8 cm³/mol. The number of carbonyl (C=O) groups is 1. The van der Waals surface area contributed by atoms with Gasteiger partial charge in [0.25, 0.3) is 0 Å². The fourth-order valence-electron chi connectivity index (χ4n) is 1.87. The van der Waals surface area contributed by atoms with Crippen molar-refractivity contribution in [1.82, 2.24) is 0 Å². The van der Waals surface area contributed by atoms with Crippen molar-refractivity contribution in [3.63, 3.8) is 0 Å². The van der Waals surface area contributed by atoms with E-state index >= 15 is 0 Å². The van der Waals surface area contributed by atoms with E-state index in [9.17, 15) is 14.3 Å². The molecule has 1 atom stereocenters. The second kappa shape index (κ2) is 5.23. The molecule has 0 aliphatic carbocycles. The molecule has 0 heterocycles. The highest BCUT2D eigenvalue weighted by atomic mass is 35.5. The summed E-state index contributed by atoms with van der Waals surface area (Å²) in [6, 6.07) is 12.6. The maximum Gasteiger partial charge on any atom is 0.230 e. The van der Waals surface area contributed by atoms with Crippen LogP contribution >= 0.6 is 19.0 Å². The Balaban J connectivity index is 2.47. The van der Waals surface area contributed by atoms with Gasteiger partial charge in [0.05, 0.1) is 0 Å². The minimum absolute atomic E-state index is 0.0987. The van der Waals surface area contributed by atoms with Gasteiger partial charge in [-0.05, 0) is 28.4 Å². The highest BCUT2D eigenvalue weighted by Gasteiger charge is 2.24. The number of carbonyl (C=O) groups excluding carboxylic acids is 1. The molecular weight excluding hydrogens is 271 g/mol. The molecule has 0 aliphatic rings. The van der Waals surface area contributed by atoms with Gasteiger partial charge < -0.3 is 4.89 Å². The Morgan fingerprint density at radius 2 is 1.83 bits per heavy atom. The Kier molecular flexibility index (Phi) is 3.86. The summed E-state index contributed by atoms with van der Waals surface area (Å²) in [5, 5.41) is 1.44. The van der Waals surface area contributed by atoms with Crippen LogP contribution in [0.25, 0.3) is 10.8 Å². The topological polar surface area (TPSA) is 54.4 Å². The number of benzene rings is 2. The van der Waals surface area contributed by atoms with Crippen LogP contribution in [0.2, 0.25) is 0 Å². The van der Waals surface area contributed by atoms with Crippen LogP contribution in [0, 0.1) is 0 Å². The summed E-state index contributed by atoms with van der Waals surface area (Å²) < 4.78 is 12.3. The lowest BCUT2D eigenvalue weighted by atomic mass is 10.1. The van der Waals surface area contributed by atoms with Gasteiger partial charge >= 0.3 is 0 Å². The van der Waals surface area contributed by atoms with E-state index in [-0.39, 0.29) is 12.6 Å². The molecule has 0 amide bonds. The molecule has 0 fully saturated rings. The molecule has 2 aromatic carbocycles. The molecule has 0 saturated heterocycles. The monoisotopic (exact) mass is 282 g/mol. The molecule has 1 N–H and O–H groups in total. The van der Waals surface area contributed by atoms with Gasteiger partial charge in [-0.25, -0.2) is 0 Å². The highest BCUT2D eigenvalue weighted by Crippen LogP contribution is 2.42. The van der Waals surface area contributed by atoms with E-state index in [1.165, 1.54) is 0 Å². The van der Waals surface area contributed by atoms with Crippen molar-refractivity contribution in [2.45, 2.75) is 6.42 Å². The molecule has 0 saturated carbocycles. The zero-order chi connectivity index (χ0) is 13.2. The number of hydrogen-bond acceptors (Lipinski definition) is 2. The summed E-state index contributed by atoms with van der Waals surface area (Å²) in [4.78, 5) is 20.8. The molecule has 0 aromatic heterocycles. The molecule has 94 valence electrons.